The van der Waals surface area contributed by atoms with Gasteiger partial charge in [0, 0.05) is 43.2 Å². The van der Waals surface area contributed by atoms with Crippen molar-refractivity contribution in [1.29, 1.82) is 0 Å². The fourth-order valence-electron chi connectivity index (χ4n) is 2.92. The molecule has 0 saturated carbocycles. The van der Waals surface area contributed by atoms with Crippen LogP contribution in [-0.2, 0) is 24.1 Å². The molecule has 0 bridgehead atoms. The van der Waals surface area contributed by atoms with Crippen LogP contribution in [0, 0.1) is 0 Å². The van der Waals surface area contributed by atoms with E-state index in [1.807, 2.05) is 24.4 Å². The van der Waals surface area contributed by atoms with E-state index in [0.29, 0.717) is 19.6 Å². The molecule has 2 aromatic rings. The van der Waals surface area contributed by atoms with Crippen LogP contribution < -0.4 is 20.7 Å². The van der Waals surface area contributed by atoms with Crippen LogP contribution in [0.5, 0.6) is 5.75 Å². The Labute approximate surface area is 169 Å². The smallest absolute Gasteiger partial charge is 0.224 e. The molecule has 1 amide bonds. The third kappa shape index (κ3) is 5.69. The Hall–Kier alpha value is -2.61. The second-order valence-corrected chi connectivity index (χ2v) is 7.66. The van der Waals surface area contributed by atoms with Gasteiger partial charge in [0.25, 0.3) is 0 Å². The lowest BCUT2D eigenvalue weighted by atomic mass is 10.0. The third-order valence-electron chi connectivity index (χ3n) is 4.44. The van der Waals surface area contributed by atoms with Crippen molar-refractivity contribution in [2.45, 2.75) is 32.6 Å². The van der Waals surface area contributed by atoms with Gasteiger partial charge in [0.1, 0.15) is 12.4 Å². The number of fused-ring (bicyclic) bond motifs is 1. The van der Waals surface area contributed by atoms with Gasteiger partial charge < -0.3 is 20.7 Å². The van der Waals surface area contributed by atoms with Gasteiger partial charge in [-0.1, -0.05) is 6.92 Å². The molecule has 0 aliphatic carbocycles. The Bertz CT molecular complexity index is 834. The van der Waals surface area contributed by atoms with Crippen LogP contribution in [0.3, 0.4) is 0 Å². The number of aliphatic imine (C=N–C) groups is 1. The molecule has 0 unspecified atom stereocenters. The van der Waals surface area contributed by atoms with E-state index in [-0.39, 0.29) is 5.91 Å². The van der Waals surface area contributed by atoms with E-state index in [0.717, 1.165) is 53.8 Å². The number of amides is 1. The first-order valence-corrected chi connectivity index (χ1v) is 10.4. The predicted octanol–water partition coefficient (Wildman–Crippen LogP) is 2.38. The second kappa shape index (κ2) is 10.1. The van der Waals surface area contributed by atoms with Crippen LogP contribution in [0.1, 0.15) is 28.8 Å². The number of benzene rings is 1. The maximum atomic E-state index is 11.4. The minimum absolute atomic E-state index is 0.0740. The van der Waals surface area contributed by atoms with Crippen LogP contribution >= 0.6 is 11.3 Å². The molecule has 1 aliphatic heterocycles. The van der Waals surface area contributed by atoms with E-state index in [1.165, 1.54) is 4.88 Å². The molecule has 0 radical (unpaired) electrons. The summed E-state index contributed by atoms with van der Waals surface area (Å²) in [5, 5.41) is 10.6. The summed E-state index contributed by atoms with van der Waals surface area (Å²) in [5.41, 5.74) is 2.01. The van der Waals surface area contributed by atoms with Crippen LogP contribution in [0.4, 0.5) is 5.69 Å². The van der Waals surface area contributed by atoms with Gasteiger partial charge in [-0.2, -0.15) is 0 Å². The molecule has 0 spiro atoms. The van der Waals surface area contributed by atoms with Gasteiger partial charge in [-0.3, -0.25) is 9.79 Å². The lowest BCUT2D eigenvalue weighted by Gasteiger charge is -2.18. The highest BCUT2D eigenvalue weighted by atomic mass is 32.1. The van der Waals surface area contributed by atoms with Crippen molar-refractivity contribution in [2.75, 3.05) is 32.1 Å². The molecule has 3 rings (SSSR count). The average molecular weight is 402 g/mol. The SMILES string of the molecule is CCc1cnc(CCNC(=NC)NCCOc2ccc3c(c2)CCC(=O)N3)s1. The normalized spacial score (nSPS) is 13.6. The van der Waals surface area contributed by atoms with Crippen molar-refractivity contribution in [1.82, 2.24) is 15.6 Å². The standard InChI is InChI=1S/C20H27N5O2S/c1-3-16-13-24-19(28-16)8-9-22-20(21-2)23-10-11-27-15-5-6-17-14(12-15)4-7-18(26)25-17/h5-6,12-13H,3-4,7-11H2,1-2H3,(H,25,26)(H2,21,22,23). The Balaban J connectivity index is 1.36. The van der Waals surface area contributed by atoms with Gasteiger partial charge in [0.05, 0.1) is 11.6 Å². The lowest BCUT2D eigenvalue weighted by Crippen LogP contribution is -2.40. The van der Waals surface area contributed by atoms with Crippen molar-refractivity contribution in [2.24, 2.45) is 4.99 Å². The predicted molar refractivity (Wildman–Crippen MR) is 113 cm³/mol. The molecule has 8 heteroatoms. The quantitative estimate of drug-likeness (QED) is 0.359. The summed E-state index contributed by atoms with van der Waals surface area (Å²) in [6.45, 7) is 4.10. The van der Waals surface area contributed by atoms with Gasteiger partial charge >= 0.3 is 0 Å². The molecular weight excluding hydrogens is 374 g/mol. The van der Waals surface area contributed by atoms with E-state index < -0.39 is 0 Å². The molecule has 28 heavy (non-hydrogen) atoms. The maximum absolute atomic E-state index is 11.4. The number of nitrogens with one attached hydrogen (secondary N) is 3. The Morgan fingerprint density at radius 3 is 2.96 bits per heavy atom. The van der Waals surface area contributed by atoms with Crippen molar-refractivity contribution in [3.8, 4) is 5.75 Å². The fraction of sp³-hybridized carbons (Fsp3) is 0.450. The zero-order valence-electron chi connectivity index (χ0n) is 16.4. The summed E-state index contributed by atoms with van der Waals surface area (Å²) in [6.07, 6.45) is 5.16. The summed E-state index contributed by atoms with van der Waals surface area (Å²) in [7, 11) is 1.76. The summed E-state index contributed by atoms with van der Waals surface area (Å²) < 4.78 is 5.82. The number of carbonyl (C=O) groups excluding carboxylic acids is 1. The maximum Gasteiger partial charge on any atom is 0.224 e. The summed E-state index contributed by atoms with van der Waals surface area (Å²) in [5.74, 6) is 1.64. The highest BCUT2D eigenvalue weighted by Gasteiger charge is 2.14. The minimum atomic E-state index is 0.0740. The number of hydrogen-bond donors (Lipinski definition) is 3. The number of ether oxygens (including phenoxy) is 1. The van der Waals surface area contributed by atoms with Crippen LogP contribution in [-0.4, -0.2) is 43.6 Å². The fourth-order valence-corrected chi connectivity index (χ4v) is 3.79. The number of thiazole rings is 1. The molecule has 1 aromatic heterocycles. The van der Waals surface area contributed by atoms with Gasteiger partial charge in [0.2, 0.25) is 5.91 Å². The first kappa shape index (κ1) is 20.1. The topological polar surface area (TPSA) is 87.6 Å². The lowest BCUT2D eigenvalue weighted by molar-refractivity contribution is -0.116. The third-order valence-corrected chi connectivity index (χ3v) is 5.64. The Morgan fingerprint density at radius 2 is 2.18 bits per heavy atom. The van der Waals surface area contributed by atoms with Crippen molar-refractivity contribution in [3.05, 3.63) is 39.8 Å². The molecular formula is C20H27N5O2S. The molecule has 0 fully saturated rings. The number of guanidine groups is 1. The van der Waals surface area contributed by atoms with E-state index in [9.17, 15) is 4.79 Å². The van der Waals surface area contributed by atoms with Gasteiger partial charge in [-0.25, -0.2) is 4.98 Å². The molecule has 3 N–H and O–H groups in total. The average Bonchev–Trinajstić information content (AvgIpc) is 3.17. The molecule has 1 aromatic carbocycles. The number of aromatic nitrogens is 1. The molecule has 2 heterocycles. The van der Waals surface area contributed by atoms with Crippen molar-refractivity contribution < 1.29 is 9.53 Å². The van der Waals surface area contributed by atoms with Crippen LogP contribution in [0.25, 0.3) is 0 Å². The first-order valence-electron chi connectivity index (χ1n) is 9.61. The summed E-state index contributed by atoms with van der Waals surface area (Å²) in [6, 6.07) is 5.79. The highest BCUT2D eigenvalue weighted by Crippen LogP contribution is 2.26. The van der Waals surface area contributed by atoms with Crippen molar-refractivity contribution in [3.63, 3.8) is 0 Å². The Kier molecular flexibility index (Phi) is 7.25. The van der Waals surface area contributed by atoms with Crippen molar-refractivity contribution >= 4 is 28.9 Å². The minimum Gasteiger partial charge on any atom is -0.492 e. The monoisotopic (exact) mass is 401 g/mol. The molecule has 1 aliphatic rings. The highest BCUT2D eigenvalue weighted by molar-refractivity contribution is 7.11. The largest absolute Gasteiger partial charge is 0.492 e. The summed E-state index contributed by atoms with van der Waals surface area (Å²) >= 11 is 1.77. The second-order valence-electron chi connectivity index (χ2n) is 6.47. The number of hydrogen-bond acceptors (Lipinski definition) is 5. The van der Waals surface area contributed by atoms with E-state index in [1.54, 1.807) is 18.4 Å². The Morgan fingerprint density at radius 1 is 1.32 bits per heavy atom. The molecule has 0 saturated heterocycles. The van der Waals surface area contributed by atoms with E-state index in [2.05, 4.69) is 32.9 Å². The van der Waals surface area contributed by atoms with Gasteiger partial charge in [-0.15, -0.1) is 11.3 Å². The molecule has 150 valence electrons. The summed E-state index contributed by atoms with van der Waals surface area (Å²) in [4.78, 5) is 21.4. The first-order chi connectivity index (χ1) is 13.7. The van der Waals surface area contributed by atoms with Gasteiger partial charge in [0.15, 0.2) is 5.96 Å². The molecule has 7 nitrogen and oxygen atoms in total. The number of aryl methyl sites for hydroxylation is 2. The number of rotatable bonds is 8. The van der Waals surface area contributed by atoms with Crippen LogP contribution in [0.15, 0.2) is 29.4 Å². The zero-order chi connectivity index (χ0) is 19.8. The van der Waals surface area contributed by atoms with Crippen LogP contribution in [0.2, 0.25) is 0 Å². The van der Waals surface area contributed by atoms with Gasteiger partial charge in [-0.05, 0) is 36.6 Å². The zero-order valence-corrected chi connectivity index (χ0v) is 17.2. The number of carbonyl (C=O) groups is 1. The van der Waals surface area contributed by atoms with E-state index in [4.69, 9.17) is 4.74 Å². The van der Waals surface area contributed by atoms with E-state index >= 15 is 0 Å². The number of nitrogens with zero attached hydrogens (tertiary/aromatic N) is 2. The number of anilines is 1. The molecule has 0 atom stereocenters.